The van der Waals surface area contributed by atoms with Crippen LogP contribution in [-0.2, 0) is 0 Å². The molecule has 10 rings (SSSR count). The van der Waals surface area contributed by atoms with E-state index in [1.807, 2.05) is 36.4 Å². The van der Waals surface area contributed by atoms with Crippen molar-refractivity contribution in [2.24, 2.45) is 9.98 Å². The molecule has 0 amide bonds. The van der Waals surface area contributed by atoms with Gasteiger partial charge in [-0.05, 0) is 67.2 Å². The Labute approximate surface area is 283 Å². The molecule has 7 aromatic carbocycles. The fourth-order valence-corrected chi connectivity index (χ4v) is 7.35. The quantitative estimate of drug-likeness (QED) is 0.190. The average molecular weight is 631 g/mol. The molecule has 2 aliphatic rings. The van der Waals surface area contributed by atoms with Gasteiger partial charge in [0.05, 0.1) is 5.56 Å². The van der Waals surface area contributed by atoms with E-state index in [9.17, 15) is 0 Å². The van der Waals surface area contributed by atoms with Crippen LogP contribution in [0.2, 0.25) is 0 Å². The Morgan fingerprint density at radius 2 is 1.29 bits per heavy atom. The summed E-state index contributed by atoms with van der Waals surface area (Å²) in [7, 11) is 0. The molecule has 1 atom stereocenters. The molecule has 0 fully saturated rings. The second kappa shape index (κ2) is 11.1. The van der Waals surface area contributed by atoms with Gasteiger partial charge in [-0.15, -0.1) is 0 Å². The predicted octanol–water partition coefficient (Wildman–Crippen LogP) is 10.5. The molecule has 1 aromatic heterocycles. The molecule has 1 unspecified atom stereocenters. The lowest BCUT2D eigenvalue weighted by Crippen LogP contribution is -2.34. The molecule has 0 aliphatic carbocycles. The maximum Gasteiger partial charge on any atom is 0.202 e. The zero-order valence-corrected chi connectivity index (χ0v) is 26.5. The standard InChI is InChI=1S/C44H30N4O/c1-3-10-29(11-4-1)41-46-42(30-12-5-2-6-13-30)48-43(47-41)37-23-24-45-44-40(37)36-22-20-32(26-38(36)49-44)31-19-21-35-33(25-31)18-17-28-16-15-27-9-7-8-14-34(27)39(28)35/h1-23,25-26,41,45H,24H2,(H,46,47,48). The minimum atomic E-state index is -0.268. The molecule has 0 spiro atoms. The molecule has 0 radical (unpaired) electrons. The van der Waals surface area contributed by atoms with Gasteiger partial charge in [-0.1, -0.05) is 133 Å². The number of anilines is 1. The fourth-order valence-electron chi connectivity index (χ4n) is 7.35. The third-order valence-corrected chi connectivity index (χ3v) is 9.73. The Balaban J connectivity index is 1.05. The van der Waals surface area contributed by atoms with E-state index in [4.69, 9.17) is 14.4 Å². The fraction of sp³-hybridized carbons (Fsp3) is 0.0455. The molecule has 2 aliphatic heterocycles. The Morgan fingerprint density at radius 3 is 2.14 bits per heavy atom. The number of aliphatic imine (C=N–C) groups is 2. The van der Waals surface area contributed by atoms with Crippen molar-refractivity contribution < 1.29 is 4.42 Å². The maximum atomic E-state index is 6.53. The van der Waals surface area contributed by atoms with Crippen molar-refractivity contribution in [3.63, 3.8) is 0 Å². The lowest BCUT2D eigenvalue weighted by atomic mass is 9.93. The first-order valence-electron chi connectivity index (χ1n) is 16.7. The molecule has 3 heterocycles. The third kappa shape index (κ3) is 4.62. The number of nitrogens with one attached hydrogen (secondary N) is 2. The van der Waals surface area contributed by atoms with Crippen LogP contribution in [0.1, 0.15) is 22.9 Å². The highest BCUT2D eigenvalue weighted by Crippen LogP contribution is 2.41. The van der Waals surface area contributed by atoms with Crippen molar-refractivity contribution in [1.82, 2.24) is 5.32 Å². The van der Waals surface area contributed by atoms with Gasteiger partial charge in [0.1, 0.15) is 17.6 Å². The first-order valence-corrected chi connectivity index (χ1v) is 16.7. The number of benzene rings is 7. The summed E-state index contributed by atoms with van der Waals surface area (Å²) in [4.78, 5) is 10.1. The summed E-state index contributed by atoms with van der Waals surface area (Å²) in [6.45, 7) is 0.636. The molecular weight excluding hydrogens is 601 g/mol. The molecule has 0 bridgehead atoms. The van der Waals surface area contributed by atoms with Gasteiger partial charge in [0.2, 0.25) is 5.88 Å². The molecule has 232 valence electrons. The van der Waals surface area contributed by atoms with E-state index in [-0.39, 0.29) is 6.17 Å². The molecule has 5 heteroatoms. The van der Waals surface area contributed by atoms with Crippen LogP contribution in [0.15, 0.2) is 166 Å². The van der Waals surface area contributed by atoms with E-state index >= 15 is 0 Å². The molecule has 0 saturated carbocycles. The number of amidine groups is 2. The zero-order chi connectivity index (χ0) is 32.3. The second-order valence-corrected chi connectivity index (χ2v) is 12.6. The van der Waals surface area contributed by atoms with Crippen LogP contribution < -0.4 is 10.6 Å². The Bertz CT molecular complexity index is 2690. The highest BCUT2D eigenvalue weighted by atomic mass is 16.3. The van der Waals surface area contributed by atoms with Gasteiger partial charge < -0.3 is 15.1 Å². The van der Waals surface area contributed by atoms with Gasteiger partial charge in [0.25, 0.3) is 0 Å². The second-order valence-electron chi connectivity index (χ2n) is 12.6. The normalized spacial score (nSPS) is 15.8. The summed E-state index contributed by atoms with van der Waals surface area (Å²) in [6, 6.07) is 51.3. The molecule has 0 saturated heterocycles. The Hall–Kier alpha value is -6.46. The average Bonchev–Trinajstić information content (AvgIpc) is 3.56. The summed E-state index contributed by atoms with van der Waals surface area (Å²) in [5, 5.41) is 15.7. The summed E-state index contributed by atoms with van der Waals surface area (Å²) >= 11 is 0. The van der Waals surface area contributed by atoms with Crippen LogP contribution in [0.25, 0.3) is 60.0 Å². The van der Waals surface area contributed by atoms with Crippen molar-refractivity contribution in [2.75, 3.05) is 11.9 Å². The first kappa shape index (κ1) is 27.6. The Kier molecular flexibility index (Phi) is 6.24. The molecular formula is C44H30N4O. The van der Waals surface area contributed by atoms with Gasteiger partial charge in [0.15, 0.2) is 5.84 Å². The van der Waals surface area contributed by atoms with Crippen molar-refractivity contribution >= 4 is 66.4 Å². The van der Waals surface area contributed by atoms with Crippen LogP contribution in [0.4, 0.5) is 5.88 Å². The van der Waals surface area contributed by atoms with Gasteiger partial charge in [-0.2, -0.15) is 0 Å². The van der Waals surface area contributed by atoms with Gasteiger partial charge in [-0.3, -0.25) is 0 Å². The smallest absolute Gasteiger partial charge is 0.202 e. The lowest BCUT2D eigenvalue weighted by Gasteiger charge is -2.26. The van der Waals surface area contributed by atoms with Crippen LogP contribution in [0, 0.1) is 0 Å². The summed E-state index contributed by atoms with van der Waals surface area (Å²) < 4.78 is 6.53. The van der Waals surface area contributed by atoms with Crippen LogP contribution in [-0.4, -0.2) is 18.2 Å². The predicted molar refractivity (Wildman–Crippen MR) is 203 cm³/mol. The highest BCUT2D eigenvalue weighted by molar-refractivity contribution is 6.31. The first-order chi connectivity index (χ1) is 24.3. The number of fused-ring (bicyclic) bond motifs is 8. The highest BCUT2D eigenvalue weighted by Gasteiger charge is 2.28. The van der Waals surface area contributed by atoms with Gasteiger partial charge >= 0.3 is 0 Å². The van der Waals surface area contributed by atoms with Crippen molar-refractivity contribution in [3.05, 3.63) is 168 Å². The monoisotopic (exact) mass is 630 g/mol. The van der Waals surface area contributed by atoms with E-state index < -0.39 is 0 Å². The van der Waals surface area contributed by atoms with Crippen molar-refractivity contribution in [2.45, 2.75) is 6.17 Å². The van der Waals surface area contributed by atoms with E-state index in [0.717, 1.165) is 56.1 Å². The molecule has 8 aromatic rings. The molecule has 5 nitrogen and oxygen atoms in total. The van der Waals surface area contributed by atoms with Crippen LogP contribution >= 0.6 is 0 Å². The summed E-state index contributed by atoms with van der Waals surface area (Å²) in [5.41, 5.74) is 7.18. The SMILES string of the molecule is C1=C(C2=NC(c3ccccc3)=NC(c3ccccc3)N2)c2c(oc3cc(-c4ccc5c(ccc6ccc7ccccc7c65)c4)ccc23)NC1. The topological polar surface area (TPSA) is 61.9 Å². The summed E-state index contributed by atoms with van der Waals surface area (Å²) in [5.74, 6) is 2.24. The number of furan rings is 1. The largest absolute Gasteiger partial charge is 0.440 e. The van der Waals surface area contributed by atoms with Crippen molar-refractivity contribution in [3.8, 4) is 11.1 Å². The van der Waals surface area contributed by atoms with Gasteiger partial charge in [0, 0.05) is 23.1 Å². The van der Waals surface area contributed by atoms with Gasteiger partial charge in [-0.25, -0.2) is 9.98 Å². The van der Waals surface area contributed by atoms with Crippen LogP contribution in [0.3, 0.4) is 0 Å². The van der Waals surface area contributed by atoms with Crippen LogP contribution in [0.5, 0.6) is 0 Å². The minimum Gasteiger partial charge on any atom is -0.440 e. The number of hydrogen-bond acceptors (Lipinski definition) is 5. The van der Waals surface area contributed by atoms with E-state index in [2.05, 4.69) is 126 Å². The third-order valence-electron chi connectivity index (χ3n) is 9.73. The summed E-state index contributed by atoms with van der Waals surface area (Å²) in [6.07, 6.45) is 1.92. The minimum absolute atomic E-state index is 0.268. The molecule has 2 N–H and O–H groups in total. The number of nitrogens with zero attached hydrogens (tertiary/aromatic N) is 2. The van der Waals surface area contributed by atoms with Crippen molar-refractivity contribution in [1.29, 1.82) is 0 Å². The molecule has 49 heavy (non-hydrogen) atoms. The Morgan fingerprint density at radius 1 is 0.592 bits per heavy atom. The number of hydrogen-bond donors (Lipinski definition) is 2. The number of rotatable bonds is 4. The zero-order valence-electron chi connectivity index (χ0n) is 26.5. The maximum absolute atomic E-state index is 6.53. The lowest BCUT2D eigenvalue weighted by molar-refractivity contribution is 0.627. The van der Waals surface area contributed by atoms with E-state index in [1.165, 1.54) is 32.3 Å². The van der Waals surface area contributed by atoms with E-state index in [0.29, 0.717) is 12.4 Å². The van der Waals surface area contributed by atoms with E-state index in [1.54, 1.807) is 0 Å².